The predicted octanol–water partition coefficient (Wildman–Crippen LogP) is 17.0. The standard InChI is InChI=1S/C64H41N3/c1-3-16-42(17-4-1)43-30-32-45(33-31-43)58-41-59(53-25-12-11-24-52(53)54-27-15-29-61-63(54)56-26-13-14-28-60(56)67(61)49-20-5-2-6-21-49)66-64(65-58)47-36-34-46(35-37-47)62-51-23-10-8-19-48(51)40-57-50-22-9-7-18-44(50)38-39-55(57)62/h1-41H. The maximum atomic E-state index is 5.47. The Labute approximate surface area is 388 Å². The van der Waals surface area contributed by atoms with Gasteiger partial charge in [-0.2, -0.15) is 0 Å². The van der Waals surface area contributed by atoms with Gasteiger partial charge in [0.15, 0.2) is 5.82 Å². The summed E-state index contributed by atoms with van der Waals surface area (Å²) in [6.45, 7) is 0. The lowest BCUT2D eigenvalue weighted by molar-refractivity contribution is 1.18. The second kappa shape index (κ2) is 16.0. The maximum absolute atomic E-state index is 5.47. The second-order valence-electron chi connectivity index (χ2n) is 17.3. The monoisotopic (exact) mass is 851 g/mol. The Balaban J connectivity index is 0.988. The minimum Gasteiger partial charge on any atom is -0.309 e. The number of fused-ring (bicyclic) bond motifs is 7. The number of rotatable bonds is 7. The molecular weight excluding hydrogens is 811 g/mol. The number of aromatic nitrogens is 3. The molecule has 0 atom stereocenters. The highest BCUT2D eigenvalue weighted by molar-refractivity contribution is 6.20. The van der Waals surface area contributed by atoms with Crippen molar-refractivity contribution in [2.45, 2.75) is 0 Å². The summed E-state index contributed by atoms with van der Waals surface area (Å²) < 4.78 is 2.38. The normalized spacial score (nSPS) is 11.6. The van der Waals surface area contributed by atoms with Crippen molar-refractivity contribution in [3.8, 4) is 73.0 Å². The van der Waals surface area contributed by atoms with Gasteiger partial charge in [-0.25, -0.2) is 9.97 Å². The molecule has 13 aromatic rings. The van der Waals surface area contributed by atoms with Crippen LogP contribution in [0.15, 0.2) is 249 Å². The Bertz CT molecular complexity index is 4000. The zero-order chi connectivity index (χ0) is 44.3. The van der Waals surface area contributed by atoms with Crippen LogP contribution in [-0.2, 0) is 0 Å². The fourth-order valence-corrected chi connectivity index (χ4v) is 10.3. The number of para-hydroxylation sites is 2. The minimum atomic E-state index is 0.675. The van der Waals surface area contributed by atoms with Crippen LogP contribution in [0, 0.1) is 0 Å². The van der Waals surface area contributed by atoms with E-state index >= 15 is 0 Å². The van der Waals surface area contributed by atoms with E-state index in [-0.39, 0.29) is 0 Å². The van der Waals surface area contributed by atoms with E-state index in [1.165, 1.54) is 59.7 Å². The molecule has 0 amide bonds. The van der Waals surface area contributed by atoms with Gasteiger partial charge in [0, 0.05) is 33.2 Å². The molecule has 0 aliphatic carbocycles. The fourth-order valence-electron chi connectivity index (χ4n) is 10.3. The highest BCUT2D eigenvalue weighted by Gasteiger charge is 2.20. The molecule has 2 heterocycles. The molecule has 0 radical (unpaired) electrons. The van der Waals surface area contributed by atoms with Crippen LogP contribution in [0.4, 0.5) is 0 Å². The zero-order valence-corrected chi connectivity index (χ0v) is 36.5. The predicted molar refractivity (Wildman–Crippen MR) is 282 cm³/mol. The molecule has 67 heavy (non-hydrogen) atoms. The number of hydrogen-bond acceptors (Lipinski definition) is 2. The first-order chi connectivity index (χ1) is 33.2. The highest BCUT2D eigenvalue weighted by atomic mass is 15.0. The fraction of sp³-hybridized carbons (Fsp3) is 0. The van der Waals surface area contributed by atoms with E-state index in [1.807, 2.05) is 0 Å². The summed E-state index contributed by atoms with van der Waals surface area (Å²) in [5.41, 5.74) is 15.2. The van der Waals surface area contributed by atoms with Gasteiger partial charge >= 0.3 is 0 Å². The molecule has 2 aromatic heterocycles. The summed E-state index contributed by atoms with van der Waals surface area (Å²) in [5.74, 6) is 0.675. The van der Waals surface area contributed by atoms with Crippen molar-refractivity contribution in [1.82, 2.24) is 14.5 Å². The van der Waals surface area contributed by atoms with E-state index in [1.54, 1.807) is 0 Å². The van der Waals surface area contributed by atoms with Crippen LogP contribution < -0.4 is 0 Å². The first-order valence-electron chi connectivity index (χ1n) is 22.9. The van der Waals surface area contributed by atoms with Crippen LogP contribution >= 0.6 is 0 Å². The average Bonchev–Trinajstić information content (AvgIpc) is 3.75. The van der Waals surface area contributed by atoms with Gasteiger partial charge in [-0.3, -0.25) is 0 Å². The third-order valence-corrected chi connectivity index (χ3v) is 13.4. The SMILES string of the molecule is c1ccc(-c2ccc(-c3cc(-c4ccccc4-c4cccc5c4c4ccccc4n5-c4ccccc4)nc(-c4ccc(-c5c6ccccc6cc6c5ccc5ccccc56)cc4)n3)cc2)cc1. The molecule has 312 valence electrons. The Morgan fingerprint density at radius 3 is 1.66 bits per heavy atom. The van der Waals surface area contributed by atoms with Gasteiger partial charge in [0.05, 0.1) is 22.4 Å². The lowest BCUT2D eigenvalue weighted by Crippen LogP contribution is -1.97. The first-order valence-corrected chi connectivity index (χ1v) is 22.9. The second-order valence-corrected chi connectivity index (χ2v) is 17.3. The van der Waals surface area contributed by atoms with Gasteiger partial charge in [0.25, 0.3) is 0 Å². The van der Waals surface area contributed by atoms with Crippen LogP contribution in [0.25, 0.3) is 127 Å². The van der Waals surface area contributed by atoms with Crippen molar-refractivity contribution in [2.75, 3.05) is 0 Å². The van der Waals surface area contributed by atoms with E-state index in [9.17, 15) is 0 Å². The van der Waals surface area contributed by atoms with E-state index < -0.39 is 0 Å². The van der Waals surface area contributed by atoms with Gasteiger partial charge in [0.1, 0.15) is 0 Å². The Hall–Kier alpha value is -8.92. The molecular formula is C64H41N3. The molecule has 11 aromatic carbocycles. The Morgan fingerprint density at radius 1 is 0.284 bits per heavy atom. The number of benzene rings is 11. The van der Waals surface area contributed by atoms with Gasteiger partial charge in [-0.15, -0.1) is 0 Å². The zero-order valence-electron chi connectivity index (χ0n) is 36.5. The van der Waals surface area contributed by atoms with Crippen molar-refractivity contribution in [2.24, 2.45) is 0 Å². The van der Waals surface area contributed by atoms with Crippen molar-refractivity contribution in [3.63, 3.8) is 0 Å². The van der Waals surface area contributed by atoms with Gasteiger partial charge in [0.2, 0.25) is 0 Å². The van der Waals surface area contributed by atoms with Crippen LogP contribution in [0.3, 0.4) is 0 Å². The topological polar surface area (TPSA) is 30.7 Å². The van der Waals surface area contributed by atoms with Crippen molar-refractivity contribution in [1.29, 1.82) is 0 Å². The van der Waals surface area contributed by atoms with Crippen LogP contribution in [0.1, 0.15) is 0 Å². The summed E-state index contributed by atoms with van der Waals surface area (Å²) in [7, 11) is 0. The summed E-state index contributed by atoms with van der Waals surface area (Å²) >= 11 is 0. The third-order valence-electron chi connectivity index (χ3n) is 13.4. The third kappa shape index (κ3) is 6.59. The molecule has 0 N–H and O–H groups in total. The molecule has 0 aliphatic heterocycles. The molecule has 0 fully saturated rings. The highest BCUT2D eigenvalue weighted by Crippen LogP contribution is 2.43. The van der Waals surface area contributed by atoms with E-state index in [0.29, 0.717) is 5.82 Å². The van der Waals surface area contributed by atoms with E-state index in [2.05, 4.69) is 253 Å². The van der Waals surface area contributed by atoms with Gasteiger partial charge < -0.3 is 4.57 Å². The molecule has 13 rings (SSSR count). The molecule has 0 aliphatic rings. The number of nitrogens with zero attached hydrogens (tertiary/aromatic N) is 3. The largest absolute Gasteiger partial charge is 0.309 e. The molecule has 0 saturated heterocycles. The molecule has 3 nitrogen and oxygen atoms in total. The summed E-state index contributed by atoms with van der Waals surface area (Å²) in [4.78, 5) is 10.8. The van der Waals surface area contributed by atoms with Crippen molar-refractivity contribution < 1.29 is 0 Å². The van der Waals surface area contributed by atoms with Gasteiger partial charge in [-0.05, 0) is 102 Å². The van der Waals surface area contributed by atoms with Gasteiger partial charge in [-0.1, -0.05) is 212 Å². The minimum absolute atomic E-state index is 0.675. The number of hydrogen-bond donors (Lipinski definition) is 0. The molecule has 0 spiro atoms. The van der Waals surface area contributed by atoms with Crippen molar-refractivity contribution in [3.05, 3.63) is 249 Å². The molecule has 0 unspecified atom stereocenters. The summed E-state index contributed by atoms with van der Waals surface area (Å²) in [5, 5.41) is 9.88. The van der Waals surface area contributed by atoms with E-state index in [0.717, 1.165) is 61.5 Å². The molecule has 3 heteroatoms. The molecule has 0 saturated carbocycles. The smallest absolute Gasteiger partial charge is 0.160 e. The summed E-state index contributed by atoms with van der Waals surface area (Å²) in [6.07, 6.45) is 0. The quantitative estimate of drug-likeness (QED) is 0.118. The summed E-state index contributed by atoms with van der Waals surface area (Å²) in [6, 6.07) is 89.3. The first kappa shape index (κ1) is 38.5. The van der Waals surface area contributed by atoms with Crippen LogP contribution in [0.5, 0.6) is 0 Å². The molecule has 0 bridgehead atoms. The van der Waals surface area contributed by atoms with Crippen LogP contribution in [0.2, 0.25) is 0 Å². The average molecular weight is 852 g/mol. The Kier molecular flexibility index (Phi) is 9.17. The maximum Gasteiger partial charge on any atom is 0.160 e. The lowest BCUT2D eigenvalue weighted by atomic mass is 9.89. The van der Waals surface area contributed by atoms with E-state index in [4.69, 9.17) is 9.97 Å². The van der Waals surface area contributed by atoms with Crippen molar-refractivity contribution >= 4 is 54.1 Å². The van der Waals surface area contributed by atoms with Crippen LogP contribution in [-0.4, -0.2) is 14.5 Å². The lowest BCUT2D eigenvalue weighted by Gasteiger charge is -2.15. The Morgan fingerprint density at radius 2 is 0.851 bits per heavy atom.